The van der Waals surface area contributed by atoms with Crippen molar-refractivity contribution >= 4 is 11.7 Å². The molecule has 0 saturated carbocycles. The Hall–Kier alpha value is -1.59. The summed E-state index contributed by atoms with van der Waals surface area (Å²) in [4.78, 5) is 21.8. The molecule has 2 amide bonds. The summed E-state index contributed by atoms with van der Waals surface area (Å²) in [5, 5.41) is 0. The highest BCUT2D eigenvalue weighted by atomic mass is 16.2. The maximum Gasteiger partial charge on any atom is 0.324 e. The highest BCUT2D eigenvalue weighted by molar-refractivity contribution is 5.91. The van der Waals surface area contributed by atoms with Crippen molar-refractivity contribution < 1.29 is 4.79 Å². The Kier molecular flexibility index (Phi) is 7.26. The van der Waals surface area contributed by atoms with Crippen LogP contribution in [0, 0.1) is 0 Å². The number of carbonyl (C=O) groups is 1. The first-order chi connectivity index (χ1) is 11.9. The second kappa shape index (κ2) is 9.20. The molecule has 0 radical (unpaired) electrons. The van der Waals surface area contributed by atoms with E-state index in [0.29, 0.717) is 12.1 Å². The summed E-state index contributed by atoms with van der Waals surface area (Å²) in [7, 11) is 1.87. The third kappa shape index (κ3) is 5.44. The lowest BCUT2D eigenvalue weighted by molar-refractivity contribution is 0.169. The molecule has 0 N–H and O–H groups in total. The molecule has 1 aromatic rings. The van der Waals surface area contributed by atoms with Crippen LogP contribution in [0.15, 0.2) is 30.3 Å². The van der Waals surface area contributed by atoms with E-state index < -0.39 is 0 Å². The molecule has 140 valence electrons. The van der Waals surface area contributed by atoms with Gasteiger partial charge in [0.2, 0.25) is 0 Å². The number of anilines is 1. The molecule has 5 heteroatoms. The van der Waals surface area contributed by atoms with E-state index in [9.17, 15) is 4.79 Å². The zero-order chi connectivity index (χ0) is 18.4. The Morgan fingerprint density at radius 3 is 1.72 bits per heavy atom. The van der Waals surface area contributed by atoms with Crippen molar-refractivity contribution in [1.29, 1.82) is 0 Å². The third-order valence-electron chi connectivity index (χ3n) is 5.15. The topological polar surface area (TPSA) is 30.0 Å². The molecular formula is C20H34N4O. The summed E-state index contributed by atoms with van der Waals surface area (Å²) >= 11 is 0. The fourth-order valence-corrected chi connectivity index (χ4v) is 3.29. The van der Waals surface area contributed by atoms with E-state index in [2.05, 4.69) is 37.5 Å². The summed E-state index contributed by atoms with van der Waals surface area (Å²) < 4.78 is 0. The van der Waals surface area contributed by atoms with Gasteiger partial charge in [0.15, 0.2) is 0 Å². The van der Waals surface area contributed by atoms with Crippen molar-refractivity contribution in [1.82, 2.24) is 14.7 Å². The molecule has 1 saturated heterocycles. The Bertz CT molecular complexity index is 512. The van der Waals surface area contributed by atoms with Gasteiger partial charge in [-0.1, -0.05) is 18.2 Å². The van der Waals surface area contributed by atoms with Gasteiger partial charge >= 0.3 is 6.03 Å². The van der Waals surface area contributed by atoms with Crippen LogP contribution in [0.3, 0.4) is 0 Å². The van der Waals surface area contributed by atoms with Gasteiger partial charge in [-0.05, 0) is 39.8 Å². The zero-order valence-electron chi connectivity index (χ0n) is 16.5. The molecule has 1 fully saturated rings. The van der Waals surface area contributed by atoms with Crippen molar-refractivity contribution in [3.63, 3.8) is 0 Å². The minimum absolute atomic E-state index is 0.0838. The smallest absolute Gasteiger partial charge is 0.322 e. The lowest BCUT2D eigenvalue weighted by atomic mass is 10.3. The Morgan fingerprint density at radius 1 is 0.840 bits per heavy atom. The predicted molar refractivity (Wildman–Crippen MR) is 105 cm³/mol. The van der Waals surface area contributed by atoms with Crippen LogP contribution in [0.4, 0.5) is 10.5 Å². The monoisotopic (exact) mass is 346 g/mol. The molecule has 0 spiro atoms. The van der Waals surface area contributed by atoms with E-state index in [1.807, 2.05) is 42.3 Å². The van der Waals surface area contributed by atoms with Gasteiger partial charge in [-0.3, -0.25) is 14.7 Å². The van der Waals surface area contributed by atoms with Gasteiger partial charge in [0.25, 0.3) is 0 Å². The summed E-state index contributed by atoms with van der Waals surface area (Å²) in [6, 6.07) is 11.0. The highest BCUT2D eigenvalue weighted by Crippen LogP contribution is 2.14. The van der Waals surface area contributed by atoms with E-state index in [4.69, 9.17) is 0 Å². The van der Waals surface area contributed by atoms with Crippen LogP contribution in [0.1, 0.15) is 27.7 Å². The number of benzene rings is 1. The summed E-state index contributed by atoms with van der Waals surface area (Å²) in [6.45, 7) is 14.5. The predicted octanol–water partition coefficient (Wildman–Crippen LogP) is 2.98. The third-order valence-corrected chi connectivity index (χ3v) is 5.15. The van der Waals surface area contributed by atoms with Crippen molar-refractivity contribution in [3.8, 4) is 0 Å². The lowest BCUT2D eigenvalue weighted by Crippen LogP contribution is -2.47. The quantitative estimate of drug-likeness (QED) is 0.843. The second-order valence-corrected chi connectivity index (χ2v) is 7.42. The zero-order valence-corrected chi connectivity index (χ0v) is 16.5. The average Bonchev–Trinajstić information content (AvgIpc) is 2.71. The molecule has 0 bridgehead atoms. The lowest BCUT2D eigenvalue weighted by Gasteiger charge is -2.31. The van der Waals surface area contributed by atoms with Crippen molar-refractivity contribution in [2.45, 2.75) is 39.8 Å². The molecule has 25 heavy (non-hydrogen) atoms. The molecule has 0 aliphatic carbocycles. The normalized spacial score (nSPS) is 18.1. The van der Waals surface area contributed by atoms with Crippen LogP contribution in [0.25, 0.3) is 0 Å². The standard InChI is InChI=1S/C20H34N4O/c1-17(2)22-11-12-23(18(3)4)14-16-24(15-13-22)20(25)21(5)19-9-7-6-8-10-19/h6-10,17-18H,11-16H2,1-5H3. The van der Waals surface area contributed by atoms with Gasteiger partial charge in [0.05, 0.1) is 0 Å². The van der Waals surface area contributed by atoms with Crippen LogP contribution in [-0.2, 0) is 0 Å². The minimum atomic E-state index is 0.0838. The van der Waals surface area contributed by atoms with E-state index in [1.54, 1.807) is 4.90 Å². The number of rotatable bonds is 3. The largest absolute Gasteiger partial charge is 0.324 e. The van der Waals surface area contributed by atoms with E-state index in [-0.39, 0.29) is 6.03 Å². The van der Waals surface area contributed by atoms with Crippen molar-refractivity contribution in [2.75, 3.05) is 51.2 Å². The first kappa shape index (κ1) is 19.7. The van der Waals surface area contributed by atoms with Crippen LogP contribution >= 0.6 is 0 Å². The van der Waals surface area contributed by atoms with Crippen molar-refractivity contribution in [3.05, 3.63) is 30.3 Å². The van der Waals surface area contributed by atoms with Gasteiger partial charge in [-0.25, -0.2) is 4.79 Å². The number of hydrogen-bond acceptors (Lipinski definition) is 3. The molecule has 0 aromatic heterocycles. The van der Waals surface area contributed by atoms with Crippen LogP contribution in [0.2, 0.25) is 0 Å². The van der Waals surface area contributed by atoms with Crippen LogP contribution in [0.5, 0.6) is 0 Å². The SMILES string of the molecule is CC(C)N1CCN(C(=O)N(C)c2ccccc2)CCN(C(C)C)CC1. The van der Waals surface area contributed by atoms with Gasteiger partial charge in [-0.15, -0.1) is 0 Å². The highest BCUT2D eigenvalue weighted by Gasteiger charge is 2.24. The summed E-state index contributed by atoms with van der Waals surface area (Å²) in [6.07, 6.45) is 0. The fraction of sp³-hybridized carbons (Fsp3) is 0.650. The fourth-order valence-electron chi connectivity index (χ4n) is 3.29. The van der Waals surface area contributed by atoms with Crippen molar-refractivity contribution in [2.24, 2.45) is 0 Å². The molecule has 1 heterocycles. The van der Waals surface area contributed by atoms with Gasteiger partial charge in [-0.2, -0.15) is 0 Å². The number of urea groups is 1. The van der Waals surface area contributed by atoms with Gasteiger partial charge in [0, 0.05) is 64.1 Å². The summed E-state index contributed by atoms with van der Waals surface area (Å²) in [5.41, 5.74) is 0.939. The van der Waals surface area contributed by atoms with Gasteiger partial charge < -0.3 is 4.90 Å². The molecule has 2 rings (SSSR count). The summed E-state index contributed by atoms with van der Waals surface area (Å²) in [5.74, 6) is 0. The maximum atomic E-state index is 13.0. The second-order valence-electron chi connectivity index (χ2n) is 7.42. The number of hydrogen-bond donors (Lipinski definition) is 0. The Labute approximate surface area is 153 Å². The number of para-hydroxylation sites is 1. The number of nitrogens with zero attached hydrogens (tertiary/aromatic N) is 4. The average molecular weight is 347 g/mol. The molecule has 5 nitrogen and oxygen atoms in total. The van der Waals surface area contributed by atoms with E-state index >= 15 is 0 Å². The van der Waals surface area contributed by atoms with E-state index in [1.165, 1.54) is 0 Å². The minimum Gasteiger partial charge on any atom is -0.322 e. The number of amides is 2. The molecule has 1 aliphatic heterocycles. The van der Waals surface area contributed by atoms with Crippen LogP contribution in [-0.4, -0.2) is 79.1 Å². The Balaban J connectivity index is 2.12. The van der Waals surface area contributed by atoms with Crippen LogP contribution < -0.4 is 4.90 Å². The Morgan fingerprint density at radius 2 is 1.28 bits per heavy atom. The first-order valence-corrected chi connectivity index (χ1v) is 9.46. The molecular weight excluding hydrogens is 312 g/mol. The maximum absolute atomic E-state index is 13.0. The molecule has 0 unspecified atom stereocenters. The molecule has 1 aromatic carbocycles. The first-order valence-electron chi connectivity index (χ1n) is 9.46. The molecule has 0 atom stereocenters. The molecule has 1 aliphatic rings. The van der Waals surface area contributed by atoms with Gasteiger partial charge in [0.1, 0.15) is 0 Å². The van der Waals surface area contributed by atoms with E-state index in [0.717, 1.165) is 45.0 Å². The number of carbonyl (C=O) groups excluding carboxylic acids is 1.